The van der Waals surface area contributed by atoms with Crippen molar-refractivity contribution in [3.8, 4) is 11.1 Å². The summed E-state index contributed by atoms with van der Waals surface area (Å²) in [7, 11) is 0. The van der Waals surface area contributed by atoms with E-state index in [0.29, 0.717) is 11.5 Å². The van der Waals surface area contributed by atoms with Crippen molar-refractivity contribution in [2.24, 2.45) is 10.2 Å². The van der Waals surface area contributed by atoms with E-state index in [1.165, 1.54) is 0 Å². The van der Waals surface area contributed by atoms with Gasteiger partial charge < -0.3 is 11.5 Å². The molecule has 0 fully saturated rings. The van der Waals surface area contributed by atoms with Gasteiger partial charge in [-0.3, -0.25) is 5.10 Å². The lowest BCUT2D eigenvalue weighted by atomic mass is 10.0. The van der Waals surface area contributed by atoms with Gasteiger partial charge in [-0.05, 0) is 11.6 Å². The Balaban J connectivity index is 2.01. The van der Waals surface area contributed by atoms with E-state index in [-0.39, 0.29) is 5.82 Å². The molecule has 0 spiro atoms. The Morgan fingerprint density at radius 2 is 1.57 bits per heavy atom. The van der Waals surface area contributed by atoms with Crippen molar-refractivity contribution in [3.63, 3.8) is 0 Å². The topological polar surface area (TPSA) is 105 Å². The summed E-state index contributed by atoms with van der Waals surface area (Å²) in [6.45, 7) is 0. The lowest BCUT2D eigenvalue weighted by molar-refractivity contribution is 1.11. The van der Waals surface area contributed by atoms with Gasteiger partial charge in [-0.15, -0.1) is 10.2 Å². The maximum atomic E-state index is 5.70. The molecule has 3 aromatic rings. The average molecular weight is 278 g/mol. The van der Waals surface area contributed by atoms with Crippen molar-refractivity contribution < 1.29 is 0 Å². The highest BCUT2D eigenvalue weighted by molar-refractivity contribution is 5.76. The van der Waals surface area contributed by atoms with Gasteiger partial charge in [0.15, 0.2) is 11.5 Å². The lowest BCUT2D eigenvalue weighted by Gasteiger charge is -2.04. The molecule has 1 heterocycles. The van der Waals surface area contributed by atoms with Gasteiger partial charge in [-0.1, -0.05) is 48.5 Å². The molecule has 104 valence electrons. The van der Waals surface area contributed by atoms with Crippen LogP contribution in [0.4, 0.5) is 23.0 Å². The molecule has 0 saturated heterocycles. The lowest BCUT2D eigenvalue weighted by Crippen LogP contribution is -1.84. The van der Waals surface area contributed by atoms with Gasteiger partial charge in [-0.2, -0.15) is 5.10 Å². The first-order valence-corrected chi connectivity index (χ1v) is 6.41. The molecule has 0 aliphatic carbocycles. The highest BCUT2D eigenvalue weighted by Gasteiger charge is 2.08. The van der Waals surface area contributed by atoms with E-state index < -0.39 is 0 Å². The third-order valence-corrected chi connectivity index (χ3v) is 3.04. The number of nitrogens with two attached hydrogens (primary N) is 2. The minimum Gasteiger partial charge on any atom is -0.382 e. The van der Waals surface area contributed by atoms with Crippen molar-refractivity contribution in [2.45, 2.75) is 0 Å². The first kappa shape index (κ1) is 12.9. The summed E-state index contributed by atoms with van der Waals surface area (Å²) >= 11 is 0. The second-order valence-corrected chi connectivity index (χ2v) is 4.45. The minimum atomic E-state index is 0.230. The van der Waals surface area contributed by atoms with Gasteiger partial charge >= 0.3 is 0 Å². The SMILES string of the molecule is Nc1n[nH]c(N)c1N=Nc1ccccc1-c1ccccc1. The molecule has 0 atom stereocenters. The van der Waals surface area contributed by atoms with Crippen LogP contribution in [0.25, 0.3) is 11.1 Å². The first-order valence-electron chi connectivity index (χ1n) is 6.41. The molecule has 0 aliphatic rings. The van der Waals surface area contributed by atoms with E-state index in [1.54, 1.807) is 0 Å². The van der Waals surface area contributed by atoms with Crippen LogP contribution in [0, 0.1) is 0 Å². The fourth-order valence-corrected chi connectivity index (χ4v) is 2.00. The van der Waals surface area contributed by atoms with E-state index in [9.17, 15) is 0 Å². The molecule has 3 rings (SSSR count). The summed E-state index contributed by atoms with van der Waals surface area (Å²) in [6.07, 6.45) is 0. The first-order chi connectivity index (χ1) is 10.3. The number of aromatic amines is 1. The van der Waals surface area contributed by atoms with Crippen LogP contribution in [0.15, 0.2) is 64.8 Å². The Labute approximate surface area is 121 Å². The summed E-state index contributed by atoms with van der Waals surface area (Å²) in [4.78, 5) is 0. The Hall–Kier alpha value is -3.15. The number of aromatic nitrogens is 2. The van der Waals surface area contributed by atoms with E-state index in [2.05, 4.69) is 20.4 Å². The molecule has 5 N–H and O–H groups in total. The smallest absolute Gasteiger partial charge is 0.175 e. The van der Waals surface area contributed by atoms with Gasteiger partial charge in [-0.25, -0.2) is 0 Å². The molecule has 0 saturated carbocycles. The molecule has 0 aliphatic heterocycles. The van der Waals surface area contributed by atoms with E-state index >= 15 is 0 Å². The molecule has 1 aromatic heterocycles. The second-order valence-electron chi connectivity index (χ2n) is 4.45. The summed E-state index contributed by atoms with van der Waals surface area (Å²) in [5.41, 5.74) is 14.5. The van der Waals surface area contributed by atoms with Crippen molar-refractivity contribution in [1.82, 2.24) is 10.2 Å². The highest BCUT2D eigenvalue weighted by Crippen LogP contribution is 2.33. The molecular formula is C15H14N6. The number of hydrogen-bond donors (Lipinski definition) is 3. The fraction of sp³-hybridized carbons (Fsp3) is 0. The number of H-pyrrole nitrogens is 1. The molecule has 0 bridgehead atoms. The van der Waals surface area contributed by atoms with Crippen LogP contribution in [0.5, 0.6) is 0 Å². The van der Waals surface area contributed by atoms with Gasteiger partial charge in [0.2, 0.25) is 0 Å². The van der Waals surface area contributed by atoms with Crippen molar-refractivity contribution in [2.75, 3.05) is 11.5 Å². The van der Waals surface area contributed by atoms with Crippen LogP contribution in [-0.2, 0) is 0 Å². The van der Waals surface area contributed by atoms with Gasteiger partial charge in [0.25, 0.3) is 0 Å². The third kappa shape index (κ3) is 2.59. The predicted molar refractivity (Wildman–Crippen MR) is 83.5 cm³/mol. The number of hydrogen-bond acceptors (Lipinski definition) is 5. The van der Waals surface area contributed by atoms with E-state index in [4.69, 9.17) is 11.5 Å². The molecular weight excluding hydrogens is 264 g/mol. The third-order valence-electron chi connectivity index (χ3n) is 3.04. The maximum Gasteiger partial charge on any atom is 0.175 e. The fourth-order valence-electron chi connectivity index (χ4n) is 2.00. The van der Waals surface area contributed by atoms with Gasteiger partial charge in [0, 0.05) is 5.56 Å². The predicted octanol–water partition coefficient (Wildman–Crippen LogP) is 3.66. The van der Waals surface area contributed by atoms with Gasteiger partial charge in [0.1, 0.15) is 5.82 Å². The molecule has 21 heavy (non-hydrogen) atoms. The summed E-state index contributed by atoms with van der Waals surface area (Å²) in [5.74, 6) is 0.530. The van der Waals surface area contributed by atoms with Crippen LogP contribution in [-0.4, -0.2) is 10.2 Å². The van der Waals surface area contributed by atoms with Crippen LogP contribution in [0.1, 0.15) is 0 Å². The van der Waals surface area contributed by atoms with Gasteiger partial charge in [0.05, 0.1) is 5.69 Å². The van der Waals surface area contributed by atoms with Crippen molar-refractivity contribution in [1.29, 1.82) is 0 Å². The van der Waals surface area contributed by atoms with E-state index in [0.717, 1.165) is 16.8 Å². The zero-order chi connectivity index (χ0) is 14.7. The molecule has 2 aromatic carbocycles. The minimum absolute atomic E-state index is 0.230. The zero-order valence-corrected chi connectivity index (χ0v) is 11.2. The Kier molecular flexibility index (Phi) is 3.34. The molecule has 0 amide bonds. The number of azo groups is 1. The number of nitrogens with one attached hydrogen (secondary N) is 1. The zero-order valence-electron chi connectivity index (χ0n) is 11.2. The summed E-state index contributed by atoms with van der Waals surface area (Å²) in [5, 5.41) is 14.7. The number of rotatable bonds is 3. The van der Waals surface area contributed by atoms with Crippen LogP contribution in [0.3, 0.4) is 0 Å². The average Bonchev–Trinajstić information content (AvgIpc) is 2.85. The highest BCUT2D eigenvalue weighted by atomic mass is 15.2. The van der Waals surface area contributed by atoms with Crippen LogP contribution in [0.2, 0.25) is 0 Å². The van der Waals surface area contributed by atoms with Crippen molar-refractivity contribution in [3.05, 3.63) is 54.6 Å². The molecule has 0 unspecified atom stereocenters. The Morgan fingerprint density at radius 1 is 0.857 bits per heavy atom. The summed E-state index contributed by atoms with van der Waals surface area (Å²) in [6, 6.07) is 17.7. The normalized spacial score (nSPS) is 11.0. The number of benzene rings is 2. The monoisotopic (exact) mass is 278 g/mol. The standard InChI is InChI=1S/C15H14N6/c16-14-13(15(17)21-20-14)19-18-12-9-5-4-8-11(12)10-6-2-1-3-7-10/h1-9H,(H5,16,17,20,21). The summed E-state index contributed by atoms with van der Waals surface area (Å²) < 4.78 is 0. The Bertz CT molecular complexity index is 756. The number of anilines is 2. The van der Waals surface area contributed by atoms with Crippen LogP contribution >= 0.6 is 0 Å². The number of nitrogens with zero attached hydrogens (tertiary/aromatic N) is 3. The number of nitrogen functional groups attached to an aromatic ring is 2. The van der Waals surface area contributed by atoms with E-state index in [1.807, 2.05) is 54.6 Å². The van der Waals surface area contributed by atoms with Crippen molar-refractivity contribution >= 4 is 23.0 Å². The molecule has 6 nitrogen and oxygen atoms in total. The Morgan fingerprint density at radius 3 is 2.29 bits per heavy atom. The molecule has 6 heteroatoms. The maximum absolute atomic E-state index is 5.70. The molecule has 0 radical (unpaired) electrons. The second kappa shape index (κ2) is 5.46. The van der Waals surface area contributed by atoms with Crippen LogP contribution < -0.4 is 11.5 Å². The quantitative estimate of drug-likeness (QED) is 0.636. The largest absolute Gasteiger partial charge is 0.382 e.